The molecule has 0 amide bonds. The van der Waals surface area contributed by atoms with Crippen molar-refractivity contribution in [2.45, 2.75) is 20.0 Å². The number of ether oxygens (including phenoxy) is 1. The minimum Gasteiger partial charge on any atom is -0.484 e. The molecular formula is C13H13N5O2. The molecule has 0 atom stereocenters. The van der Waals surface area contributed by atoms with Crippen molar-refractivity contribution in [3.8, 4) is 11.4 Å². The van der Waals surface area contributed by atoms with Gasteiger partial charge in [0.2, 0.25) is 0 Å². The van der Waals surface area contributed by atoms with Crippen molar-refractivity contribution >= 4 is 0 Å². The average Bonchev–Trinajstić information content (AvgIpc) is 3.17. The Labute approximate surface area is 115 Å². The zero-order valence-electron chi connectivity index (χ0n) is 10.9. The van der Waals surface area contributed by atoms with Crippen molar-refractivity contribution in [3.63, 3.8) is 0 Å². The van der Waals surface area contributed by atoms with Crippen LogP contribution in [0.25, 0.3) is 5.69 Å². The predicted octanol–water partition coefficient (Wildman–Crippen LogP) is 1.79. The van der Waals surface area contributed by atoms with Crippen LogP contribution >= 0.6 is 0 Å². The van der Waals surface area contributed by atoms with E-state index >= 15 is 0 Å². The quantitative estimate of drug-likeness (QED) is 0.704. The van der Waals surface area contributed by atoms with Crippen LogP contribution in [0.1, 0.15) is 18.6 Å². The van der Waals surface area contributed by atoms with Gasteiger partial charge in [0.1, 0.15) is 18.4 Å². The van der Waals surface area contributed by atoms with Gasteiger partial charge in [-0.25, -0.2) is 9.67 Å². The van der Waals surface area contributed by atoms with E-state index in [2.05, 4.69) is 20.2 Å². The van der Waals surface area contributed by atoms with Crippen molar-refractivity contribution in [3.05, 3.63) is 48.6 Å². The lowest BCUT2D eigenvalue weighted by molar-refractivity contribution is 0.242. The van der Waals surface area contributed by atoms with E-state index in [0.717, 1.165) is 17.9 Å². The maximum Gasteiger partial charge on any atom is 0.264 e. The fourth-order valence-corrected chi connectivity index (χ4v) is 1.67. The predicted molar refractivity (Wildman–Crippen MR) is 69.4 cm³/mol. The Morgan fingerprint density at radius 3 is 2.75 bits per heavy atom. The molecule has 20 heavy (non-hydrogen) atoms. The Morgan fingerprint density at radius 1 is 1.25 bits per heavy atom. The number of benzene rings is 1. The molecule has 0 saturated heterocycles. The molecule has 7 nitrogen and oxygen atoms in total. The fraction of sp³-hybridized carbons (Fsp3) is 0.231. The largest absolute Gasteiger partial charge is 0.484 e. The molecule has 2 heterocycles. The third-order valence-corrected chi connectivity index (χ3v) is 2.71. The summed E-state index contributed by atoms with van der Waals surface area (Å²) in [4.78, 5) is 8.08. The number of hydrogen-bond donors (Lipinski definition) is 0. The Balaban J connectivity index is 1.63. The standard InChI is InChI=1S/C13H13N5O2/c1-2-12-16-13(20-17-12)7-19-11-5-3-10(4-6-11)18-9-14-8-15-18/h3-6,8-9H,2,7H2,1H3. The van der Waals surface area contributed by atoms with Gasteiger partial charge in [0.05, 0.1) is 5.69 Å². The van der Waals surface area contributed by atoms with E-state index in [1.54, 1.807) is 11.0 Å². The van der Waals surface area contributed by atoms with Gasteiger partial charge in [0, 0.05) is 6.42 Å². The lowest BCUT2D eigenvalue weighted by Crippen LogP contribution is -1.97. The number of nitrogens with zero attached hydrogens (tertiary/aromatic N) is 5. The summed E-state index contributed by atoms with van der Waals surface area (Å²) < 4.78 is 12.3. The van der Waals surface area contributed by atoms with Crippen LogP contribution in [-0.4, -0.2) is 24.9 Å². The third-order valence-electron chi connectivity index (χ3n) is 2.71. The summed E-state index contributed by atoms with van der Waals surface area (Å²) in [6, 6.07) is 7.51. The molecule has 7 heteroatoms. The van der Waals surface area contributed by atoms with Gasteiger partial charge >= 0.3 is 0 Å². The van der Waals surface area contributed by atoms with Gasteiger partial charge in [-0.15, -0.1) is 0 Å². The van der Waals surface area contributed by atoms with Gasteiger partial charge in [0.15, 0.2) is 12.4 Å². The monoisotopic (exact) mass is 271 g/mol. The van der Waals surface area contributed by atoms with Crippen LogP contribution in [0.3, 0.4) is 0 Å². The molecule has 1 aromatic carbocycles. The highest BCUT2D eigenvalue weighted by molar-refractivity contribution is 5.36. The van der Waals surface area contributed by atoms with E-state index < -0.39 is 0 Å². The average molecular weight is 271 g/mol. The molecule has 0 saturated carbocycles. The minimum absolute atomic E-state index is 0.260. The van der Waals surface area contributed by atoms with E-state index in [9.17, 15) is 0 Å². The Bertz CT molecular complexity index is 660. The summed E-state index contributed by atoms with van der Waals surface area (Å²) in [5.41, 5.74) is 0.918. The second-order valence-electron chi connectivity index (χ2n) is 4.08. The van der Waals surface area contributed by atoms with Crippen molar-refractivity contribution < 1.29 is 9.26 Å². The second-order valence-corrected chi connectivity index (χ2v) is 4.08. The minimum atomic E-state index is 0.260. The molecule has 0 aliphatic heterocycles. The molecule has 2 aromatic heterocycles. The van der Waals surface area contributed by atoms with Crippen molar-refractivity contribution in [1.82, 2.24) is 24.9 Å². The first-order valence-electron chi connectivity index (χ1n) is 6.24. The number of hydrogen-bond acceptors (Lipinski definition) is 6. The van der Waals surface area contributed by atoms with Crippen molar-refractivity contribution in [2.24, 2.45) is 0 Å². The van der Waals surface area contributed by atoms with E-state index in [-0.39, 0.29) is 6.61 Å². The molecule has 0 unspecified atom stereocenters. The highest BCUT2D eigenvalue weighted by Crippen LogP contribution is 2.15. The van der Waals surface area contributed by atoms with Gasteiger partial charge < -0.3 is 9.26 Å². The smallest absolute Gasteiger partial charge is 0.264 e. The maximum atomic E-state index is 5.58. The SMILES string of the molecule is CCc1noc(COc2ccc(-n3cncn3)cc2)n1. The van der Waals surface area contributed by atoms with E-state index in [1.807, 2.05) is 31.2 Å². The van der Waals surface area contributed by atoms with Crippen LogP contribution in [0, 0.1) is 0 Å². The molecule has 3 aromatic rings. The summed E-state index contributed by atoms with van der Waals surface area (Å²) in [6.45, 7) is 2.23. The third kappa shape index (κ3) is 2.66. The zero-order valence-corrected chi connectivity index (χ0v) is 10.9. The topological polar surface area (TPSA) is 78.9 Å². The van der Waals surface area contributed by atoms with E-state index in [1.165, 1.54) is 6.33 Å². The second kappa shape index (κ2) is 5.52. The van der Waals surface area contributed by atoms with Crippen LogP contribution in [0.4, 0.5) is 0 Å². The van der Waals surface area contributed by atoms with Crippen LogP contribution < -0.4 is 4.74 Å². The first kappa shape index (κ1) is 12.3. The molecule has 102 valence electrons. The molecule has 0 fully saturated rings. The molecule has 0 aliphatic carbocycles. The Kier molecular flexibility index (Phi) is 3.40. The summed E-state index contributed by atoms with van der Waals surface area (Å²) >= 11 is 0. The zero-order chi connectivity index (χ0) is 13.8. The summed E-state index contributed by atoms with van der Waals surface area (Å²) in [6.07, 6.45) is 3.88. The first-order valence-corrected chi connectivity index (χ1v) is 6.24. The van der Waals surface area contributed by atoms with Gasteiger partial charge in [0.25, 0.3) is 5.89 Å². The van der Waals surface area contributed by atoms with E-state index in [4.69, 9.17) is 9.26 Å². The summed E-state index contributed by atoms with van der Waals surface area (Å²) in [5.74, 6) is 1.89. The normalized spacial score (nSPS) is 10.7. The highest BCUT2D eigenvalue weighted by Gasteiger charge is 2.05. The molecule has 0 spiro atoms. The molecule has 0 aliphatic rings. The lowest BCUT2D eigenvalue weighted by Gasteiger charge is -2.04. The van der Waals surface area contributed by atoms with Gasteiger partial charge in [-0.1, -0.05) is 12.1 Å². The van der Waals surface area contributed by atoms with Gasteiger partial charge in [-0.2, -0.15) is 10.1 Å². The summed E-state index contributed by atoms with van der Waals surface area (Å²) in [5, 5.41) is 7.86. The Morgan fingerprint density at radius 2 is 2.10 bits per heavy atom. The van der Waals surface area contributed by atoms with Crippen LogP contribution in [0.5, 0.6) is 5.75 Å². The maximum absolute atomic E-state index is 5.58. The van der Waals surface area contributed by atoms with Crippen molar-refractivity contribution in [2.75, 3.05) is 0 Å². The molecular weight excluding hydrogens is 258 g/mol. The molecule has 0 bridgehead atoms. The highest BCUT2D eigenvalue weighted by atomic mass is 16.5. The number of rotatable bonds is 5. The van der Waals surface area contributed by atoms with Gasteiger partial charge in [-0.05, 0) is 24.3 Å². The van der Waals surface area contributed by atoms with E-state index in [0.29, 0.717) is 11.7 Å². The summed E-state index contributed by atoms with van der Waals surface area (Å²) in [7, 11) is 0. The first-order chi connectivity index (χ1) is 9.85. The van der Waals surface area contributed by atoms with Crippen LogP contribution in [0.15, 0.2) is 41.4 Å². The number of aromatic nitrogens is 5. The van der Waals surface area contributed by atoms with Crippen LogP contribution in [-0.2, 0) is 13.0 Å². The van der Waals surface area contributed by atoms with Gasteiger partial charge in [-0.3, -0.25) is 0 Å². The van der Waals surface area contributed by atoms with Crippen LogP contribution in [0.2, 0.25) is 0 Å². The molecule has 0 N–H and O–H groups in total. The fourth-order valence-electron chi connectivity index (χ4n) is 1.67. The molecule has 0 radical (unpaired) electrons. The van der Waals surface area contributed by atoms with Crippen molar-refractivity contribution in [1.29, 1.82) is 0 Å². The molecule has 3 rings (SSSR count). The Hall–Kier alpha value is -2.70. The lowest BCUT2D eigenvalue weighted by atomic mass is 10.3. The number of aryl methyl sites for hydroxylation is 1.